The summed E-state index contributed by atoms with van der Waals surface area (Å²) in [5.41, 5.74) is 0. The van der Waals surface area contributed by atoms with Crippen molar-refractivity contribution < 1.29 is 23.8 Å². The lowest BCUT2D eigenvalue weighted by molar-refractivity contribution is -0.154. The summed E-state index contributed by atoms with van der Waals surface area (Å²) in [5.74, 6) is -1.93. The van der Waals surface area contributed by atoms with Crippen LogP contribution in [0.15, 0.2) is 18.2 Å². The summed E-state index contributed by atoms with van der Waals surface area (Å²) in [6.45, 7) is 0. The van der Waals surface area contributed by atoms with E-state index in [1.165, 1.54) is 18.2 Å². The molecule has 0 spiro atoms. The number of carbonyl (C=O) groups is 1. The highest BCUT2D eigenvalue weighted by atomic mass is 19.1. The monoisotopic (exact) mass is 184 g/mol. The minimum atomic E-state index is -1.44. The molecule has 1 unspecified atom stereocenters. The summed E-state index contributed by atoms with van der Waals surface area (Å²) in [6.07, 6.45) is -1.44. The number of rotatable bonds is 1. The number of ether oxygens (including phenoxy) is 2. The van der Waals surface area contributed by atoms with Gasteiger partial charge in [-0.15, -0.1) is 0 Å². The van der Waals surface area contributed by atoms with Crippen LogP contribution in [-0.2, 0) is 4.79 Å². The fraction of sp³-hybridized carbons (Fsp3) is 0.125. The zero-order valence-electron chi connectivity index (χ0n) is 6.36. The van der Waals surface area contributed by atoms with E-state index in [2.05, 4.69) is 0 Å². The number of fused-ring (bicyclic) bond motifs is 1. The molecule has 5 heteroatoms. The quantitative estimate of drug-likeness (QED) is 0.707. The van der Waals surface area contributed by atoms with Crippen LogP contribution in [0.4, 0.5) is 4.39 Å². The molecule has 2 rings (SSSR count). The van der Waals surface area contributed by atoms with Gasteiger partial charge in [-0.2, -0.15) is 0 Å². The molecule has 0 saturated carbocycles. The van der Waals surface area contributed by atoms with Crippen molar-refractivity contribution in [3.05, 3.63) is 24.0 Å². The van der Waals surface area contributed by atoms with Crippen LogP contribution in [0, 0.1) is 5.82 Å². The molecule has 0 aromatic heterocycles. The third kappa shape index (κ3) is 1.18. The second-order valence-corrected chi connectivity index (χ2v) is 2.47. The number of carboxylic acid groups (broad SMARTS) is 1. The minimum absolute atomic E-state index is 0.118. The van der Waals surface area contributed by atoms with Crippen LogP contribution in [0.2, 0.25) is 0 Å². The van der Waals surface area contributed by atoms with Crippen molar-refractivity contribution in [1.29, 1.82) is 0 Å². The molecule has 0 radical (unpaired) electrons. The molecule has 13 heavy (non-hydrogen) atoms. The van der Waals surface area contributed by atoms with Crippen LogP contribution in [0.3, 0.4) is 0 Å². The van der Waals surface area contributed by atoms with E-state index in [9.17, 15) is 9.18 Å². The highest BCUT2D eigenvalue weighted by Crippen LogP contribution is 2.36. The van der Waals surface area contributed by atoms with Crippen LogP contribution in [0.25, 0.3) is 0 Å². The third-order valence-corrected chi connectivity index (χ3v) is 1.59. The predicted molar refractivity (Wildman–Crippen MR) is 39.1 cm³/mol. The van der Waals surface area contributed by atoms with Crippen LogP contribution < -0.4 is 9.47 Å². The maximum Gasteiger partial charge on any atom is 0.387 e. The van der Waals surface area contributed by atoms with Gasteiger partial charge in [-0.1, -0.05) is 6.07 Å². The van der Waals surface area contributed by atoms with Crippen LogP contribution in [-0.4, -0.2) is 17.4 Å². The normalized spacial score (nSPS) is 18.7. The Bertz CT molecular complexity index is 363. The molecule has 1 atom stereocenters. The number of carboxylic acids is 1. The average molecular weight is 184 g/mol. The second-order valence-electron chi connectivity index (χ2n) is 2.47. The van der Waals surface area contributed by atoms with Gasteiger partial charge in [0.1, 0.15) is 0 Å². The smallest absolute Gasteiger partial charge is 0.387 e. The Morgan fingerprint density at radius 2 is 2.23 bits per heavy atom. The number of para-hydroxylation sites is 1. The maximum atomic E-state index is 12.9. The fourth-order valence-electron chi connectivity index (χ4n) is 1.04. The van der Waals surface area contributed by atoms with E-state index < -0.39 is 18.1 Å². The average Bonchev–Trinajstić information content (AvgIpc) is 2.49. The topological polar surface area (TPSA) is 55.8 Å². The Morgan fingerprint density at radius 1 is 1.46 bits per heavy atom. The standard InChI is InChI=1S/C8H5FO4/c9-4-2-1-3-5-6(4)13-8(12-5)7(10)11/h1-3,8H,(H,10,11). The third-order valence-electron chi connectivity index (χ3n) is 1.59. The van der Waals surface area contributed by atoms with E-state index in [-0.39, 0.29) is 11.5 Å². The lowest BCUT2D eigenvalue weighted by atomic mass is 10.3. The summed E-state index contributed by atoms with van der Waals surface area (Å²) in [7, 11) is 0. The molecule has 0 amide bonds. The molecule has 68 valence electrons. The van der Waals surface area contributed by atoms with Gasteiger partial charge in [0, 0.05) is 0 Å². The van der Waals surface area contributed by atoms with Crippen molar-refractivity contribution in [2.45, 2.75) is 6.29 Å². The molecular weight excluding hydrogens is 179 g/mol. The highest BCUT2D eigenvalue weighted by Gasteiger charge is 2.32. The first-order valence-electron chi connectivity index (χ1n) is 3.53. The van der Waals surface area contributed by atoms with Gasteiger partial charge in [-0.3, -0.25) is 0 Å². The molecule has 1 aliphatic rings. The van der Waals surface area contributed by atoms with Crippen LogP contribution in [0.1, 0.15) is 0 Å². The number of aliphatic carboxylic acids is 1. The summed E-state index contributed by atoms with van der Waals surface area (Å²) < 4.78 is 22.4. The molecule has 0 aliphatic carbocycles. The Labute approximate surface area is 72.5 Å². The molecule has 4 nitrogen and oxygen atoms in total. The van der Waals surface area contributed by atoms with Crippen molar-refractivity contribution in [3.63, 3.8) is 0 Å². The molecule has 1 aromatic rings. The van der Waals surface area contributed by atoms with Crippen molar-refractivity contribution in [3.8, 4) is 11.5 Å². The van der Waals surface area contributed by atoms with Crippen LogP contribution in [0.5, 0.6) is 11.5 Å². The van der Waals surface area contributed by atoms with Gasteiger partial charge < -0.3 is 14.6 Å². The SMILES string of the molecule is O=C(O)C1Oc2cccc(F)c2O1. The minimum Gasteiger partial charge on any atom is -0.476 e. The van der Waals surface area contributed by atoms with Crippen molar-refractivity contribution in [2.75, 3.05) is 0 Å². The van der Waals surface area contributed by atoms with Gasteiger partial charge in [0.2, 0.25) is 5.75 Å². The van der Waals surface area contributed by atoms with Gasteiger partial charge in [-0.25, -0.2) is 9.18 Å². The molecule has 1 N–H and O–H groups in total. The Morgan fingerprint density at radius 3 is 2.85 bits per heavy atom. The summed E-state index contributed by atoms with van der Waals surface area (Å²) in [6, 6.07) is 4.04. The van der Waals surface area contributed by atoms with Gasteiger partial charge in [0.25, 0.3) is 0 Å². The van der Waals surface area contributed by atoms with Crippen LogP contribution >= 0.6 is 0 Å². The first-order chi connectivity index (χ1) is 6.18. The van der Waals surface area contributed by atoms with Gasteiger partial charge >= 0.3 is 12.3 Å². The van der Waals surface area contributed by atoms with Gasteiger partial charge in [-0.05, 0) is 12.1 Å². The van der Waals surface area contributed by atoms with E-state index >= 15 is 0 Å². The number of hydrogen-bond acceptors (Lipinski definition) is 3. The van der Waals surface area contributed by atoms with E-state index in [1.54, 1.807) is 0 Å². The first-order valence-corrected chi connectivity index (χ1v) is 3.53. The summed E-state index contributed by atoms with van der Waals surface area (Å²) >= 11 is 0. The zero-order chi connectivity index (χ0) is 9.42. The van der Waals surface area contributed by atoms with Crippen molar-refractivity contribution >= 4 is 5.97 Å². The van der Waals surface area contributed by atoms with Gasteiger partial charge in [0.05, 0.1) is 0 Å². The number of benzene rings is 1. The largest absolute Gasteiger partial charge is 0.476 e. The molecule has 0 fully saturated rings. The fourth-order valence-corrected chi connectivity index (χ4v) is 1.04. The lowest BCUT2D eigenvalue weighted by Gasteiger charge is -2.02. The number of hydrogen-bond donors (Lipinski definition) is 1. The molecular formula is C8H5FO4. The van der Waals surface area contributed by atoms with E-state index in [0.29, 0.717) is 0 Å². The van der Waals surface area contributed by atoms with Crippen molar-refractivity contribution in [1.82, 2.24) is 0 Å². The molecule has 1 aromatic carbocycles. The Balaban J connectivity index is 2.35. The molecule has 1 aliphatic heterocycles. The second kappa shape index (κ2) is 2.62. The van der Waals surface area contributed by atoms with E-state index in [1.807, 2.05) is 0 Å². The van der Waals surface area contributed by atoms with E-state index in [0.717, 1.165) is 0 Å². The summed E-state index contributed by atoms with van der Waals surface area (Å²) in [5, 5.41) is 8.50. The Kier molecular flexibility index (Phi) is 1.58. The van der Waals surface area contributed by atoms with Gasteiger partial charge in [0.15, 0.2) is 11.6 Å². The molecule has 0 bridgehead atoms. The lowest BCUT2D eigenvalue weighted by Crippen LogP contribution is -2.28. The zero-order valence-corrected chi connectivity index (χ0v) is 6.36. The van der Waals surface area contributed by atoms with Crippen molar-refractivity contribution in [2.24, 2.45) is 0 Å². The summed E-state index contributed by atoms with van der Waals surface area (Å²) in [4.78, 5) is 10.4. The first kappa shape index (κ1) is 7.85. The molecule has 1 heterocycles. The predicted octanol–water partition coefficient (Wildman–Crippen LogP) is 1.01. The molecule has 0 saturated heterocycles. The Hall–Kier alpha value is -1.78. The number of halogens is 1. The highest BCUT2D eigenvalue weighted by molar-refractivity contribution is 5.73. The maximum absolute atomic E-state index is 12.9. The van der Waals surface area contributed by atoms with E-state index in [4.69, 9.17) is 14.6 Å².